The van der Waals surface area contributed by atoms with Crippen LogP contribution in [0.3, 0.4) is 0 Å². The fourth-order valence-corrected chi connectivity index (χ4v) is 1.11. The van der Waals surface area contributed by atoms with Crippen molar-refractivity contribution < 1.29 is 14.2 Å². The number of hydrogen-bond donors (Lipinski definition) is 0. The molecule has 1 aliphatic heterocycles. The third-order valence-corrected chi connectivity index (χ3v) is 1.71. The molecule has 0 amide bonds. The van der Waals surface area contributed by atoms with E-state index in [9.17, 15) is 0 Å². The van der Waals surface area contributed by atoms with Crippen LogP contribution in [-0.2, 0) is 14.2 Å². The summed E-state index contributed by atoms with van der Waals surface area (Å²) >= 11 is 0. The minimum atomic E-state index is -0.0690. The molecule has 0 aromatic carbocycles. The number of rotatable bonds is 2. The molecule has 2 atom stereocenters. The fraction of sp³-hybridized carbons (Fsp3) is 1.00. The van der Waals surface area contributed by atoms with Crippen LogP contribution in [0.15, 0.2) is 0 Å². The fourth-order valence-electron chi connectivity index (χ4n) is 1.11. The van der Waals surface area contributed by atoms with Gasteiger partial charge in [0.05, 0.1) is 19.3 Å². The van der Waals surface area contributed by atoms with Crippen molar-refractivity contribution in [2.45, 2.75) is 32.7 Å². The van der Waals surface area contributed by atoms with E-state index in [-0.39, 0.29) is 12.4 Å². The van der Waals surface area contributed by atoms with Gasteiger partial charge in [-0.25, -0.2) is 0 Å². The van der Waals surface area contributed by atoms with Crippen molar-refractivity contribution in [3.8, 4) is 0 Å². The molecule has 66 valence electrons. The molecule has 0 aromatic rings. The highest BCUT2D eigenvalue weighted by Crippen LogP contribution is 2.08. The molecule has 3 nitrogen and oxygen atoms in total. The molecular formula is C8H16O3. The average Bonchev–Trinajstić information content (AvgIpc) is 2.17. The number of hydrogen-bond acceptors (Lipinski definition) is 3. The van der Waals surface area contributed by atoms with Gasteiger partial charge >= 0.3 is 0 Å². The van der Waals surface area contributed by atoms with Gasteiger partial charge in [0.1, 0.15) is 0 Å². The van der Waals surface area contributed by atoms with Crippen LogP contribution in [0.2, 0.25) is 0 Å². The summed E-state index contributed by atoms with van der Waals surface area (Å²) in [5.41, 5.74) is 0. The summed E-state index contributed by atoms with van der Waals surface area (Å²) < 4.78 is 16.0. The Morgan fingerprint density at radius 3 is 3.00 bits per heavy atom. The third-order valence-electron chi connectivity index (χ3n) is 1.71. The van der Waals surface area contributed by atoms with Crippen LogP contribution in [0.5, 0.6) is 0 Å². The molecule has 0 radical (unpaired) electrons. The normalized spacial score (nSPS) is 33.3. The van der Waals surface area contributed by atoms with Crippen molar-refractivity contribution in [2.75, 3.05) is 19.8 Å². The Morgan fingerprint density at radius 1 is 1.45 bits per heavy atom. The Morgan fingerprint density at radius 2 is 2.27 bits per heavy atom. The summed E-state index contributed by atoms with van der Waals surface area (Å²) in [5, 5.41) is 0. The van der Waals surface area contributed by atoms with Crippen LogP contribution in [0.1, 0.15) is 20.3 Å². The van der Waals surface area contributed by atoms with E-state index in [0.717, 1.165) is 19.6 Å². The molecule has 0 bridgehead atoms. The molecule has 1 aliphatic rings. The summed E-state index contributed by atoms with van der Waals surface area (Å²) in [7, 11) is 0. The largest absolute Gasteiger partial charge is 0.376 e. The van der Waals surface area contributed by atoms with Crippen molar-refractivity contribution in [2.24, 2.45) is 0 Å². The smallest absolute Gasteiger partial charge is 0.154 e. The van der Waals surface area contributed by atoms with Gasteiger partial charge in [-0.15, -0.1) is 0 Å². The minimum absolute atomic E-state index is 0.0690. The van der Waals surface area contributed by atoms with Gasteiger partial charge in [0.25, 0.3) is 0 Å². The molecule has 0 aromatic heterocycles. The van der Waals surface area contributed by atoms with Crippen molar-refractivity contribution in [3.05, 3.63) is 0 Å². The first-order valence-corrected chi connectivity index (χ1v) is 4.17. The maximum atomic E-state index is 5.41. The maximum absolute atomic E-state index is 5.41. The van der Waals surface area contributed by atoms with E-state index in [4.69, 9.17) is 14.2 Å². The summed E-state index contributed by atoms with van der Waals surface area (Å²) in [6, 6.07) is 0. The zero-order valence-corrected chi connectivity index (χ0v) is 7.21. The highest BCUT2D eigenvalue weighted by molar-refractivity contribution is 4.59. The van der Waals surface area contributed by atoms with E-state index in [1.54, 1.807) is 0 Å². The van der Waals surface area contributed by atoms with Crippen LogP contribution in [-0.4, -0.2) is 32.2 Å². The van der Waals surface area contributed by atoms with E-state index >= 15 is 0 Å². The highest BCUT2D eigenvalue weighted by Gasteiger charge is 2.15. The van der Waals surface area contributed by atoms with E-state index in [0.29, 0.717) is 6.61 Å². The van der Waals surface area contributed by atoms with E-state index in [1.807, 2.05) is 13.8 Å². The first-order chi connectivity index (χ1) is 5.33. The van der Waals surface area contributed by atoms with Crippen LogP contribution < -0.4 is 0 Å². The van der Waals surface area contributed by atoms with E-state index in [1.165, 1.54) is 0 Å². The van der Waals surface area contributed by atoms with Gasteiger partial charge in [-0.2, -0.15) is 0 Å². The van der Waals surface area contributed by atoms with Crippen LogP contribution in [0, 0.1) is 0 Å². The van der Waals surface area contributed by atoms with Gasteiger partial charge in [-0.3, -0.25) is 0 Å². The van der Waals surface area contributed by atoms with E-state index < -0.39 is 0 Å². The maximum Gasteiger partial charge on any atom is 0.154 e. The zero-order chi connectivity index (χ0) is 8.10. The summed E-state index contributed by atoms with van der Waals surface area (Å²) in [6.45, 7) is 6.06. The lowest BCUT2D eigenvalue weighted by atomic mass is 10.3. The molecule has 0 saturated carbocycles. The second-order valence-corrected chi connectivity index (χ2v) is 2.64. The minimum Gasteiger partial charge on any atom is -0.376 e. The zero-order valence-electron chi connectivity index (χ0n) is 7.21. The Hall–Kier alpha value is -0.120. The average molecular weight is 160 g/mol. The molecule has 3 heteroatoms. The molecule has 1 saturated heterocycles. The lowest BCUT2D eigenvalue weighted by Crippen LogP contribution is -2.19. The predicted octanol–water partition coefficient (Wildman–Crippen LogP) is 1.17. The lowest BCUT2D eigenvalue weighted by Gasteiger charge is -2.12. The monoisotopic (exact) mass is 160 g/mol. The second kappa shape index (κ2) is 4.70. The van der Waals surface area contributed by atoms with Gasteiger partial charge in [0.2, 0.25) is 0 Å². The highest BCUT2D eigenvalue weighted by atomic mass is 16.7. The quantitative estimate of drug-likeness (QED) is 0.607. The molecule has 1 rings (SSSR count). The van der Waals surface area contributed by atoms with Crippen molar-refractivity contribution in [1.29, 1.82) is 0 Å². The van der Waals surface area contributed by atoms with Gasteiger partial charge in [0.15, 0.2) is 6.29 Å². The van der Waals surface area contributed by atoms with Crippen LogP contribution >= 0.6 is 0 Å². The summed E-state index contributed by atoms with van der Waals surface area (Å²) in [4.78, 5) is 0. The van der Waals surface area contributed by atoms with Gasteiger partial charge in [0, 0.05) is 6.61 Å². The standard InChI is InChI=1S/C8H16O3/c1-3-9-8-4-5-10-7(2)11-6-8/h7-8H,3-6H2,1-2H3/t7-,8-/m0/s1. The Kier molecular flexibility index (Phi) is 3.83. The first kappa shape index (κ1) is 8.97. The Bertz CT molecular complexity index is 106. The van der Waals surface area contributed by atoms with Gasteiger partial charge in [-0.1, -0.05) is 0 Å². The topological polar surface area (TPSA) is 27.7 Å². The summed E-state index contributed by atoms with van der Waals surface area (Å²) in [5.74, 6) is 0. The van der Waals surface area contributed by atoms with Gasteiger partial charge in [-0.05, 0) is 20.3 Å². The molecule has 1 heterocycles. The third kappa shape index (κ3) is 3.18. The van der Waals surface area contributed by atoms with Crippen LogP contribution in [0.25, 0.3) is 0 Å². The van der Waals surface area contributed by atoms with E-state index in [2.05, 4.69) is 0 Å². The lowest BCUT2D eigenvalue weighted by molar-refractivity contribution is -0.122. The molecular weight excluding hydrogens is 144 g/mol. The molecule has 0 spiro atoms. The van der Waals surface area contributed by atoms with Crippen molar-refractivity contribution >= 4 is 0 Å². The molecule has 0 aliphatic carbocycles. The SMILES string of the molecule is CCO[C@H]1CCO[C@H](C)OC1. The van der Waals surface area contributed by atoms with Crippen molar-refractivity contribution in [1.82, 2.24) is 0 Å². The van der Waals surface area contributed by atoms with Crippen LogP contribution in [0.4, 0.5) is 0 Å². The molecule has 11 heavy (non-hydrogen) atoms. The Labute approximate surface area is 67.6 Å². The molecule has 0 unspecified atom stereocenters. The molecule has 1 fully saturated rings. The molecule has 0 N–H and O–H groups in total. The number of ether oxygens (including phenoxy) is 3. The second-order valence-electron chi connectivity index (χ2n) is 2.64. The Balaban J connectivity index is 2.22. The summed E-state index contributed by atoms with van der Waals surface area (Å²) in [6.07, 6.45) is 1.10. The first-order valence-electron chi connectivity index (χ1n) is 4.17. The van der Waals surface area contributed by atoms with Crippen molar-refractivity contribution in [3.63, 3.8) is 0 Å². The predicted molar refractivity (Wildman–Crippen MR) is 41.4 cm³/mol. The van der Waals surface area contributed by atoms with Gasteiger partial charge < -0.3 is 14.2 Å².